The maximum absolute atomic E-state index is 11.4. The van der Waals surface area contributed by atoms with Crippen molar-refractivity contribution in [3.8, 4) is 0 Å². The van der Waals surface area contributed by atoms with Crippen molar-refractivity contribution in [1.82, 2.24) is 10.3 Å². The van der Waals surface area contributed by atoms with Crippen LogP contribution in [-0.2, 0) is 0 Å². The van der Waals surface area contributed by atoms with E-state index in [0.717, 1.165) is 0 Å². The minimum absolute atomic E-state index is 0.127. The number of pyridine rings is 1. The van der Waals surface area contributed by atoms with Gasteiger partial charge in [-0.05, 0) is 22.9 Å². The predicted octanol–water partition coefficient (Wildman–Crippen LogP) is 2.00. The molecule has 0 bridgehead atoms. The molecule has 1 aromatic heterocycles. The molecule has 0 aliphatic rings. The Kier molecular flexibility index (Phi) is 4.98. The molecule has 2 amide bonds. The number of aliphatic hydroxyl groups is 1. The van der Waals surface area contributed by atoms with Gasteiger partial charge in [-0.1, -0.05) is 11.6 Å². The van der Waals surface area contributed by atoms with Crippen LogP contribution in [0.3, 0.4) is 0 Å². The van der Waals surface area contributed by atoms with Gasteiger partial charge in [0, 0.05) is 6.20 Å². The number of nitrogens with one attached hydrogen (secondary N) is 2. The molecule has 0 spiro atoms. The number of anilines is 1. The molecule has 16 heavy (non-hydrogen) atoms. The van der Waals surface area contributed by atoms with Crippen molar-refractivity contribution in [2.45, 2.75) is 13.0 Å². The van der Waals surface area contributed by atoms with Crippen LogP contribution in [0.4, 0.5) is 10.5 Å². The molecule has 0 saturated heterocycles. The Morgan fingerprint density at radius 3 is 3.00 bits per heavy atom. The van der Waals surface area contributed by atoms with Crippen LogP contribution in [0.15, 0.2) is 16.9 Å². The third kappa shape index (κ3) is 3.62. The van der Waals surface area contributed by atoms with Gasteiger partial charge in [0.2, 0.25) is 0 Å². The van der Waals surface area contributed by atoms with Crippen LogP contribution >= 0.6 is 27.5 Å². The van der Waals surface area contributed by atoms with E-state index in [9.17, 15) is 4.79 Å². The minimum atomic E-state index is -0.441. The number of hydrogen-bond acceptors (Lipinski definition) is 3. The molecule has 3 N–H and O–H groups in total. The molecular weight excluding hydrogens is 297 g/mol. The van der Waals surface area contributed by atoms with Crippen LogP contribution in [0.1, 0.15) is 6.92 Å². The monoisotopic (exact) mass is 307 g/mol. The number of urea groups is 1. The van der Waals surface area contributed by atoms with Gasteiger partial charge in [0.05, 0.1) is 34.0 Å². The van der Waals surface area contributed by atoms with Gasteiger partial charge < -0.3 is 15.7 Å². The van der Waals surface area contributed by atoms with E-state index in [1.54, 1.807) is 6.92 Å². The van der Waals surface area contributed by atoms with Crippen molar-refractivity contribution in [2.24, 2.45) is 0 Å². The largest absolute Gasteiger partial charge is 0.394 e. The van der Waals surface area contributed by atoms with Gasteiger partial charge in [-0.25, -0.2) is 4.79 Å². The molecule has 0 radical (unpaired) electrons. The van der Waals surface area contributed by atoms with Crippen molar-refractivity contribution in [3.05, 3.63) is 21.9 Å². The Morgan fingerprint density at radius 1 is 1.69 bits per heavy atom. The quantitative estimate of drug-likeness (QED) is 0.799. The van der Waals surface area contributed by atoms with Crippen LogP contribution in [-0.4, -0.2) is 28.8 Å². The standard InChI is InChI=1S/C9H11BrClN3O2/c1-5(4-15)13-9(16)14-7-3-12-2-6(10)8(7)11/h2-3,5,15H,4H2,1H3,(H2,13,14,16). The van der Waals surface area contributed by atoms with Crippen molar-refractivity contribution in [1.29, 1.82) is 0 Å². The lowest BCUT2D eigenvalue weighted by Crippen LogP contribution is -2.38. The lowest BCUT2D eigenvalue weighted by atomic mass is 10.4. The van der Waals surface area contributed by atoms with E-state index in [1.807, 2.05) is 0 Å². The first-order chi connectivity index (χ1) is 7.54. The molecule has 0 aliphatic carbocycles. The van der Waals surface area contributed by atoms with Crippen molar-refractivity contribution < 1.29 is 9.90 Å². The first-order valence-electron chi connectivity index (χ1n) is 4.52. The highest BCUT2D eigenvalue weighted by molar-refractivity contribution is 9.10. The smallest absolute Gasteiger partial charge is 0.319 e. The summed E-state index contributed by atoms with van der Waals surface area (Å²) in [5.74, 6) is 0. The lowest BCUT2D eigenvalue weighted by Gasteiger charge is -2.12. The first-order valence-corrected chi connectivity index (χ1v) is 5.69. The summed E-state index contributed by atoms with van der Waals surface area (Å²) in [4.78, 5) is 15.3. The second-order valence-electron chi connectivity index (χ2n) is 3.16. The maximum Gasteiger partial charge on any atom is 0.319 e. The zero-order valence-electron chi connectivity index (χ0n) is 8.50. The summed E-state index contributed by atoms with van der Waals surface area (Å²) in [6.45, 7) is 1.55. The molecule has 5 nitrogen and oxygen atoms in total. The van der Waals surface area contributed by atoms with E-state index in [2.05, 4.69) is 31.5 Å². The molecule has 0 aromatic carbocycles. The van der Waals surface area contributed by atoms with E-state index in [0.29, 0.717) is 15.2 Å². The van der Waals surface area contributed by atoms with Crippen LogP contribution in [0.5, 0.6) is 0 Å². The van der Waals surface area contributed by atoms with Crippen molar-refractivity contribution >= 4 is 39.2 Å². The molecule has 1 aromatic rings. The lowest BCUT2D eigenvalue weighted by molar-refractivity contribution is 0.229. The zero-order chi connectivity index (χ0) is 12.1. The fourth-order valence-electron chi connectivity index (χ4n) is 0.934. The van der Waals surface area contributed by atoms with E-state index < -0.39 is 6.03 Å². The van der Waals surface area contributed by atoms with Crippen LogP contribution < -0.4 is 10.6 Å². The topological polar surface area (TPSA) is 74.2 Å². The zero-order valence-corrected chi connectivity index (χ0v) is 10.8. The number of nitrogens with zero attached hydrogens (tertiary/aromatic N) is 1. The van der Waals surface area contributed by atoms with Crippen LogP contribution in [0.25, 0.3) is 0 Å². The molecule has 0 fully saturated rings. The van der Waals surface area contributed by atoms with Gasteiger partial charge in [0.1, 0.15) is 0 Å². The van der Waals surface area contributed by atoms with E-state index in [4.69, 9.17) is 16.7 Å². The van der Waals surface area contributed by atoms with Gasteiger partial charge in [-0.2, -0.15) is 0 Å². The fourth-order valence-corrected chi connectivity index (χ4v) is 1.41. The number of hydrogen-bond donors (Lipinski definition) is 3. The molecular formula is C9H11BrClN3O2. The summed E-state index contributed by atoms with van der Waals surface area (Å²) >= 11 is 9.12. The summed E-state index contributed by atoms with van der Waals surface area (Å²) in [6, 6.07) is -0.762. The summed E-state index contributed by atoms with van der Waals surface area (Å²) in [5.41, 5.74) is 0.402. The number of carbonyl (C=O) groups excluding carboxylic acids is 1. The predicted molar refractivity (Wildman–Crippen MR) is 65.6 cm³/mol. The van der Waals surface area contributed by atoms with Crippen molar-refractivity contribution in [2.75, 3.05) is 11.9 Å². The Bertz CT molecular complexity index is 389. The van der Waals surface area contributed by atoms with E-state index in [-0.39, 0.29) is 12.6 Å². The number of aromatic nitrogens is 1. The highest BCUT2D eigenvalue weighted by Gasteiger charge is 2.10. The normalized spacial score (nSPS) is 12.0. The number of carbonyl (C=O) groups is 1. The Labute approximate surface area is 106 Å². The molecule has 7 heteroatoms. The first kappa shape index (κ1) is 13.2. The summed E-state index contributed by atoms with van der Waals surface area (Å²) in [6.07, 6.45) is 2.97. The summed E-state index contributed by atoms with van der Waals surface area (Å²) < 4.78 is 0.599. The van der Waals surface area contributed by atoms with E-state index in [1.165, 1.54) is 12.4 Å². The molecule has 0 saturated carbocycles. The van der Waals surface area contributed by atoms with Gasteiger partial charge >= 0.3 is 6.03 Å². The third-order valence-corrected chi connectivity index (χ3v) is 2.97. The Hall–Kier alpha value is -0.850. The summed E-state index contributed by atoms with van der Waals surface area (Å²) in [5, 5.41) is 14.2. The molecule has 1 rings (SSSR count). The molecule has 1 unspecified atom stereocenters. The van der Waals surface area contributed by atoms with Crippen molar-refractivity contribution in [3.63, 3.8) is 0 Å². The van der Waals surface area contributed by atoms with Gasteiger partial charge in [-0.3, -0.25) is 4.98 Å². The van der Waals surface area contributed by atoms with Crippen LogP contribution in [0, 0.1) is 0 Å². The molecule has 0 aliphatic heterocycles. The third-order valence-electron chi connectivity index (χ3n) is 1.74. The van der Waals surface area contributed by atoms with Gasteiger partial charge in [-0.15, -0.1) is 0 Å². The van der Waals surface area contributed by atoms with Gasteiger partial charge in [0.15, 0.2) is 0 Å². The number of rotatable bonds is 3. The maximum atomic E-state index is 11.4. The Balaban J connectivity index is 2.66. The highest BCUT2D eigenvalue weighted by atomic mass is 79.9. The average molecular weight is 309 g/mol. The minimum Gasteiger partial charge on any atom is -0.394 e. The van der Waals surface area contributed by atoms with Crippen LogP contribution in [0.2, 0.25) is 5.02 Å². The fraction of sp³-hybridized carbons (Fsp3) is 0.333. The van der Waals surface area contributed by atoms with Gasteiger partial charge in [0.25, 0.3) is 0 Å². The van der Waals surface area contributed by atoms with E-state index >= 15 is 0 Å². The number of amides is 2. The second-order valence-corrected chi connectivity index (χ2v) is 4.40. The molecule has 1 atom stereocenters. The molecule has 88 valence electrons. The average Bonchev–Trinajstić information content (AvgIpc) is 2.24. The number of halogens is 2. The second kappa shape index (κ2) is 6.03. The SMILES string of the molecule is CC(CO)NC(=O)Nc1cncc(Br)c1Cl. The Morgan fingerprint density at radius 2 is 2.38 bits per heavy atom. The summed E-state index contributed by atoms with van der Waals surface area (Å²) in [7, 11) is 0. The molecule has 1 heterocycles. The number of aliphatic hydroxyl groups excluding tert-OH is 1. The highest BCUT2D eigenvalue weighted by Crippen LogP contribution is 2.28.